The van der Waals surface area contributed by atoms with Crippen molar-refractivity contribution >= 4 is 42.6 Å². The highest BCUT2D eigenvalue weighted by Crippen LogP contribution is 2.33. The maximum Gasteiger partial charge on any atom is 0.253 e. The molecule has 0 unspecified atom stereocenters. The van der Waals surface area contributed by atoms with Crippen molar-refractivity contribution in [1.82, 2.24) is 14.2 Å². The monoisotopic (exact) mass is 548 g/mol. The molecule has 7 nitrogen and oxygen atoms in total. The molecule has 0 bridgehead atoms. The molecule has 1 fully saturated rings. The Bertz CT molecular complexity index is 1500. The van der Waals surface area contributed by atoms with Gasteiger partial charge in [0.15, 0.2) is 5.13 Å². The summed E-state index contributed by atoms with van der Waals surface area (Å²) in [6.45, 7) is 9.29. The number of rotatable bonds is 7. The highest BCUT2D eigenvalue weighted by atomic mass is 32.2. The number of thiazole rings is 1. The summed E-state index contributed by atoms with van der Waals surface area (Å²) in [7, 11) is -3.68. The van der Waals surface area contributed by atoms with E-state index >= 15 is 0 Å². The Morgan fingerprint density at radius 3 is 2.21 bits per heavy atom. The predicted octanol–water partition coefficient (Wildman–Crippen LogP) is 5.09. The van der Waals surface area contributed by atoms with Crippen LogP contribution < -0.4 is 4.90 Å². The normalized spacial score (nSPS) is 14.4. The molecule has 0 saturated carbocycles. The van der Waals surface area contributed by atoms with Crippen molar-refractivity contribution in [2.24, 2.45) is 0 Å². The molecule has 0 radical (unpaired) electrons. The van der Waals surface area contributed by atoms with Crippen molar-refractivity contribution in [2.45, 2.75) is 32.2 Å². The molecule has 0 aliphatic carbocycles. The number of sulfonamides is 1. The first-order valence-corrected chi connectivity index (χ1v) is 15.1. The van der Waals surface area contributed by atoms with E-state index in [1.807, 2.05) is 42.2 Å². The average molecular weight is 549 g/mol. The fraction of sp³-hybridized carbons (Fsp3) is 0.310. The molecular weight excluding hydrogens is 516 g/mol. The summed E-state index contributed by atoms with van der Waals surface area (Å²) in [5.74, 6) is -0.0822. The Balaban J connectivity index is 1.24. The van der Waals surface area contributed by atoms with Crippen LogP contribution in [0.25, 0.3) is 10.2 Å². The zero-order valence-electron chi connectivity index (χ0n) is 21.9. The summed E-state index contributed by atoms with van der Waals surface area (Å²) in [4.78, 5) is 22.4. The van der Waals surface area contributed by atoms with Crippen molar-refractivity contribution in [2.75, 3.05) is 37.6 Å². The van der Waals surface area contributed by atoms with Crippen molar-refractivity contribution in [3.8, 4) is 0 Å². The number of nitrogens with zero attached hydrogens (tertiary/aromatic N) is 4. The van der Waals surface area contributed by atoms with E-state index in [0.29, 0.717) is 44.8 Å². The molecule has 1 aliphatic heterocycles. The van der Waals surface area contributed by atoms with Gasteiger partial charge in [-0.2, -0.15) is 4.31 Å². The molecule has 0 atom stereocenters. The van der Waals surface area contributed by atoms with Crippen LogP contribution in [0.5, 0.6) is 0 Å². The van der Waals surface area contributed by atoms with E-state index in [2.05, 4.69) is 30.9 Å². The number of carbonyl (C=O) groups excluding carboxylic acids is 1. The molecule has 4 aromatic rings. The molecule has 1 aliphatic rings. The second-order valence-electron chi connectivity index (χ2n) is 9.59. The topological polar surface area (TPSA) is 73.8 Å². The van der Waals surface area contributed by atoms with E-state index in [9.17, 15) is 13.2 Å². The van der Waals surface area contributed by atoms with Gasteiger partial charge in [0.05, 0.1) is 15.1 Å². The van der Waals surface area contributed by atoms with Crippen molar-refractivity contribution in [3.05, 3.63) is 89.0 Å². The van der Waals surface area contributed by atoms with Gasteiger partial charge < -0.3 is 9.80 Å². The van der Waals surface area contributed by atoms with Crippen molar-refractivity contribution in [3.63, 3.8) is 0 Å². The van der Waals surface area contributed by atoms with Gasteiger partial charge in [0.1, 0.15) is 0 Å². The summed E-state index contributed by atoms with van der Waals surface area (Å²) in [6, 6.07) is 20.1. The molecule has 2 heterocycles. The van der Waals surface area contributed by atoms with Crippen LogP contribution in [0.2, 0.25) is 0 Å². The maximum absolute atomic E-state index is 13.2. The number of anilines is 1. The van der Waals surface area contributed by atoms with Crippen molar-refractivity contribution < 1.29 is 13.2 Å². The second kappa shape index (κ2) is 10.8. The summed E-state index contributed by atoms with van der Waals surface area (Å²) in [5, 5.41) is 0.995. The zero-order chi connectivity index (χ0) is 26.9. The van der Waals surface area contributed by atoms with Crippen LogP contribution >= 0.6 is 11.3 Å². The third kappa shape index (κ3) is 5.18. The van der Waals surface area contributed by atoms with Crippen LogP contribution in [0.1, 0.15) is 34.0 Å². The minimum atomic E-state index is -3.68. The van der Waals surface area contributed by atoms with Crippen LogP contribution in [0.4, 0.5) is 5.13 Å². The molecule has 1 amide bonds. The first-order valence-electron chi connectivity index (χ1n) is 12.8. The standard InChI is InChI=1S/C29H32N4O3S2/c1-4-33(20-23-8-6-5-7-9-23)38(35,36)25-14-12-24(13-15-25)28(34)31-16-18-32(19-17-31)29-30-26-21(2)10-11-22(3)27(26)37-29/h5-15H,4,16-20H2,1-3H3. The Hall–Kier alpha value is -3.27. The average Bonchev–Trinajstić information content (AvgIpc) is 3.41. The van der Waals surface area contributed by atoms with Gasteiger partial charge in [-0.1, -0.05) is 60.7 Å². The van der Waals surface area contributed by atoms with Gasteiger partial charge in [0.25, 0.3) is 5.91 Å². The number of carbonyl (C=O) groups is 1. The lowest BCUT2D eigenvalue weighted by molar-refractivity contribution is 0.0746. The molecular formula is C29H32N4O3S2. The smallest absolute Gasteiger partial charge is 0.253 e. The SMILES string of the molecule is CCN(Cc1ccccc1)S(=O)(=O)c1ccc(C(=O)N2CCN(c3nc4c(C)ccc(C)c4s3)CC2)cc1. The highest BCUT2D eigenvalue weighted by molar-refractivity contribution is 7.89. The fourth-order valence-electron chi connectivity index (χ4n) is 4.74. The lowest BCUT2D eigenvalue weighted by atomic mass is 10.1. The Morgan fingerprint density at radius 2 is 1.58 bits per heavy atom. The maximum atomic E-state index is 13.2. The van der Waals surface area contributed by atoms with Crippen LogP contribution in [0, 0.1) is 13.8 Å². The van der Waals surface area contributed by atoms with Crippen LogP contribution in [0.15, 0.2) is 71.6 Å². The van der Waals surface area contributed by atoms with Gasteiger partial charge in [-0.25, -0.2) is 13.4 Å². The van der Waals surface area contributed by atoms with Gasteiger partial charge in [-0.05, 0) is 54.8 Å². The third-order valence-electron chi connectivity index (χ3n) is 7.06. The minimum Gasteiger partial charge on any atom is -0.345 e. The number of hydrogen-bond acceptors (Lipinski definition) is 6. The number of amides is 1. The first kappa shape index (κ1) is 26.3. The number of fused-ring (bicyclic) bond motifs is 1. The van der Waals surface area contributed by atoms with Crippen LogP contribution in [-0.4, -0.2) is 61.2 Å². The predicted molar refractivity (Wildman–Crippen MR) is 153 cm³/mol. The summed E-state index contributed by atoms with van der Waals surface area (Å²) in [5.41, 5.74) is 4.89. The first-order chi connectivity index (χ1) is 18.3. The van der Waals surface area contributed by atoms with E-state index in [1.54, 1.807) is 23.5 Å². The molecule has 1 saturated heterocycles. The molecule has 0 spiro atoms. The molecule has 5 rings (SSSR count). The Kier molecular flexibility index (Phi) is 7.52. The van der Waals surface area contributed by atoms with Gasteiger partial charge >= 0.3 is 0 Å². The lowest BCUT2D eigenvalue weighted by Crippen LogP contribution is -2.48. The fourth-order valence-corrected chi connectivity index (χ4v) is 7.34. The molecule has 3 aromatic carbocycles. The summed E-state index contributed by atoms with van der Waals surface area (Å²) in [6.07, 6.45) is 0. The molecule has 0 N–H and O–H groups in total. The van der Waals surface area contributed by atoms with Gasteiger partial charge in [-0.15, -0.1) is 0 Å². The van der Waals surface area contributed by atoms with E-state index in [0.717, 1.165) is 16.2 Å². The van der Waals surface area contributed by atoms with Crippen LogP contribution in [-0.2, 0) is 16.6 Å². The summed E-state index contributed by atoms with van der Waals surface area (Å²) < 4.78 is 29.2. The Labute approximate surface area is 228 Å². The number of aromatic nitrogens is 1. The van der Waals surface area contributed by atoms with Crippen LogP contribution in [0.3, 0.4) is 0 Å². The van der Waals surface area contributed by atoms with E-state index in [-0.39, 0.29) is 10.8 Å². The van der Waals surface area contributed by atoms with E-state index < -0.39 is 10.0 Å². The molecule has 38 heavy (non-hydrogen) atoms. The molecule has 1 aromatic heterocycles. The number of aryl methyl sites for hydroxylation is 2. The second-order valence-corrected chi connectivity index (χ2v) is 12.5. The van der Waals surface area contributed by atoms with Gasteiger partial charge in [0.2, 0.25) is 10.0 Å². The largest absolute Gasteiger partial charge is 0.345 e. The third-order valence-corrected chi connectivity index (χ3v) is 10.2. The van der Waals surface area contributed by atoms with Gasteiger partial charge in [-0.3, -0.25) is 4.79 Å². The minimum absolute atomic E-state index is 0.0822. The molecule has 198 valence electrons. The number of hydrogen-bond donors (Lipinski definition) is 0. The number of piperazine rings is 1. The quantitative estimate of drug-likeness (QED) is 0.322. The zero-order valence-corrected chi connectivity index (χ0v) is 23.6. The van der Waals surface area contributed by atoms with E-state index in [1.165, 1.54) is 32.3 Å². The Morgan fingerprint density at radius 1 is 0.921 bits per heavy atom. The number of benzene rings is 3. The molecule has 9 heteroatoms. The highest BCUT2D eigenvalue weighted by Gasteiger charge is 2.26. The lowest BCUT2D eigenvalue weighted by Gasteiger charge is -2.34. The summed E-state index contributed by atoms with van der Waals surface area (Å²) >= 11 is 1.71. The van der Waals surface area contributed by atoms with Gasteiger partial charge in [0, 0.05) is 44.8 Å². The van der Waals surface area contributed by atoms with Crippen molar-refractivity contribution in [1.29, 1.82) is 0 Å². The van der Waals surface area contributed by atoms with E-state index in [4.69, 9.17) is 4.98 Å².